The molecular formula is C23H23N3O2. The van der Waals surface area contributed by atoms with E-state index in [1.165, 1.54) is 11.1 Å². The number of carbonyl (C=O) groups excluding carboxylic acids is 2. The summed E-state index contributed by atoms with van der Waals surface area (Å²) in [6.07, 6.45) is 0.568. The van der Waals surface area contributed by atoms with Gasteiger partial charge in [-0.05, 0) is 31.0 Å². The summed E-state index contributed by atoms with van der Waals surface area (Å²) in [6, 6.07) is 15.7. The number of rotatable bonds is 2. The molecule has 2 aromatic carbocycles. The van der Waals surface area contributed by atoms with Crippen molar-refractivity contribution in [1.82, 2.24) is 14.8 Å². The van der Waals surface area contributed by atoms with E-state index in [1.807, 2.05) is 56.3 Å². The van der Waals surface area contributed by atoms with Crippen LogP contribution in [0.25, 0.3) is 10.9 Å². The molecule has 2 unspecified atom stereocenters. The van der Waals surface area contributed by atoms with Crippen LogP contribution in [0.15, 0.2) is 48.5 Å². The fraction of sp³-hybridized carbons (Fsp3) is 0.304. The molecule has 5 heteroatoms. The number of para-hydroxylation sites is 1. The monoisotopic (exact) mass is 373 g/mol. The number of aromatic nitrogens is 1. The minimum atomic E-state index is -0.423. The van der Waals surface area contributed by atoms with E-state index in [0.717, 1.165) is 22.2 Å². The Morgan fingerprint density at radius 3 is 2.61 bits per heavy atom. The lowest BCUT2D eigenvalue weighted by molar-refractivity contribution is -0.159. The highest BCUT2D eigenvalue weighted by Gasteiger charge is 2.46. The summed E-state index contributed by atoms with van der Waals surface area (Å²) < 4.78 is 0. The maximum atomic E-state index is 13.3. The van der Waals surface area contributed by atoms with Gasteiger partial charge in [0.2, 0.25) is 11.8 Å². The highest BCUT2D eigenvalue weighted by molar-refractivity contribution is 5.97. The van der Waals surface area contributed by atoms with Gasteiger partial charge in [0.15, 0.2) is 0 Å². The fourth-order valence-electron chi connectivity index (χ4n) is 4.68. The number of nitrogens with zero attached hydrogens (tertiary/aromatic N) is 2. The van der Waals surface area contributed by atoms with E-state index >= 15 is 0 Å². The van der Waals surface area contributed by atoms with Gasteiger partial charge in [0.05, 0.1) is 6.04 Å². The number of nitrogens with one attached hydrogen (secondary N) is 1. The van der Waals surface area contributed by atoms with Gasteiger partial charge in [-0.25, -0.2) is 0 Å². The van der Waals surface area contributed by atoms with Crippen molar-refractivity contribution in [2.75, 3.05) is 6.54 Å². The Morgan fingerprint density at radius 1 is 1.07 bits per heavy atom. The first-order chi connectivity index (χ1) is 13.5. The van der Waals surface area contributed by atoms with Crippen molar-refractivity contribution in [3.63, 3.8) is 0 Å². The van der Waals surface area contributed by atoms with Gasteiger partial charge in [0.1, 0.15) is 12.6 Å². The third-order valence-corrected chi connectivity index (χ3v) is 6.12. The van der Waals surface area contributed by atoms with E-state index in [0.29, 0.717) is 13.0 Å². The highest BCUT2D eigenvalue weighted by atomic mass is 16.2. The summed E-state index contributed by atoms with van der Waals surface area (Å²) >= 11 is 0. The van der Waals surface area contributed by atoms with Crippen LogP contribution in [0.3, 0.4) is 0 Å². The van der Waals surface area contributed by atoms with Gasteiger partial charge >= 0.3 is 0 Å². The van der Waals surface area contributed by atoms with E-state index in [1.54, 1.807) is 9.80 Å². The summed E-state index contributed by atoms with van der Waals surface area (Å²) in [5.74, 6) is 0.0662. The molecule has 2 aliphatic rings. The number of benzene rings is 2. The SMILES string of the molecule is Cc1ccc(CN2CC(=O)N3C(Cc4c([nH]c5ccccc45)C3C)C2=O)cc1. The molecular weight excluding hydrogens is 350 g/mol. The Labute approximate surface area is 163 Å². The van der Waals surface area contributed by atoms with Crippen LogP contribution in [-0.4, -0.2) is 39.2 Å². The first-order valence-corrected chi connectivity index (χ1v) is 9.78. The second-order valence-electron chi connectivity index (χ2n) is 7.94. The number of hydrogen-bond donors (Lipinski definition) is 1. The molecule has 0 spiro atoms. The summed E-state index contributed by atoms with van der Waals surface area (Å²) in [6.45, 7) is 4.67. The quantitative estimate of drug-likeness (QED) is 0.749. The number of carbonyl (C=O) groups is 2. The molecule has 3 aromatic rings. The molecule has 0 radical (unpaired) electrons. The van der Waals surface area contributed by atoms with Crippen LogP contribution in [0, 0.1) is 6.92 Å². The van der Waals surface area contributed by atoms with Gasteiger partial charge in [-0.15, -0.1) is 0 Å². The first kappa shape index (κ1) is 17.0. The van der Waals surface area contributed by atoms with Crippen molar-refractivity contribution in [1.29, 1.82) is 0 Å². The number of piperazine rings is 1. The molecule has 5 nitrogen and oxygen atoms in total. The van der Waals surface area contributed by atoms with Crippen molar-refractivity contribution in [3.05, 3.63) is 70.9 Å². The Hall–Kier alpha value is -3.08. The Kier molecular flexibility index (Phi) is 3.79. The number of fused-ring (bicyclic) bond motifs is 4. The molecule has 1 saturated heterocycles. The molecule has 142 valence electrons. The van der Waals surface area contributed by atoms with Crippen molar-refractivity contribution >= 4 is 22.7 Å². The zero-order chi connectivity index (χ0) is 19.4. The lowest BCUT2D eigenvalue weighted by atomic mass is 9.90. The molecule has 2 atom stereocenters. The summed E-state index contributed by atoms with van der Waals surface area (Å²) in [5, 5.41) is 1.15. The molecule has 0 saturated carbocycles. The standard InChI is InChI=1S/C23H23N3O2/c1-14-7-9-16(10-8-14)12-25-13-21(27)26-15(2)22-18(11-20(26)23(25)28)17-5-3-4-6-19(17)24-22/h3-10,15,20,24H,11-13H2,1-2H3. The average Bonchev–Trinajstić information content (AvgIpc) is 3.07. The topological polar surface area (TPSA) is 56.4 Å². The van der Waals surface area contributed by atoms with Gasteiger partial charge in [-0.1, -0.05) is 48.0 Å². The Bertz CT molecular complexity index is 1080. The van der Waals surface area contributed by atoms with E-state index < -0.39 is 6.04 Å². The largest absolute Gasteiger partial charge is 0.356 e. The first-order valence-electron chi connectivity index (χ1n) is 9.78. The smallest absolute Gasteiger partial charge is 0.246 e. The molecule has 2 aliphatic heterocycles. The number of aromatic amines is 1. The van der Waals surface area contributed by atoms with E-state index in [2.05, 4.69) is 11.1 Å². The molecule has 2 amide bonds. The minimum absolute atomic E-state index is 0.0218. The van der Waals surface area contributed by atoms with Gasteiger partial charge in [0, 0.05) is 29.6 Å². The predicted molar refractivity (Wildman–Crippen MR) is 108 cm³/mol. The van der Waals surface area contributed by atoms with Gasteiger partial charge in [-0.3, -0.25) is 9.59 Å². The number of aryl methyl sites for hydroxylation is 1. The van der Waals surface area contributed by atoms with Crippen LogP contribution in [0.5, 0.6) is 0 Å². The molecule has 0 aliphatic carbocycles. The molecule has 3 heterocycles. The second kappa shape index (κ2) is 6.23. The minimum Gasteiger partial charge on any atom is -0.356 e. The highest BCUT2D eigenvalue weighted by Crippen LogP contribution is 2.39. The van der Waals surface area contributed by atoms with Gasteiger partial charge in [0.25, 0.3) is 0 Å². The molecule has 5 rings (SSSR count). The maximum absolute atomic E-state index is 13.3. The zero-order valence-electron chi connectivity index (χ0n) is 16.1. The average molecular weight is 373 g/mol. The second-order valence-corrected chi connectivity index (χ2v) is 7.94. The third-order valence-electron chi connectivity index (χ3n) is 6.12. The summed E-state index contributed by atoms with van der Waals surface area (Å²) in [7, 11) is 0. The van der Waals surface area contributed by atoms with Crippen LogP contribution in [0.2, 0.25) is 0 Å². The summed E-state index contributed by atoms with van der Waals surface area (Å²) in [4.78, 5) is 33.3. The number of hydrogen-bond acceptors (Lipinski definition) is 2. The van der Waals surface area contributed by atoms with Crippen LogP contribution >= 0.6 is 0 Å². The predicted octanol–water partition coefficient (Wildman–Crippen LogP) is 3.33. The Balaban J connectivity index is 1.49. The molecule has 1 fully saturated rings. The van der Waals surface area contributed by atoms with Crippen LogP contribution in [0.1, 0.15) is 35.3 Å². The van der Waals surface area contributed by atoms with Crippen molar-refractivity contribution < 1.29 is 9.59 Å². The Morgan fingerprint density at radius 2 is 1.82 bits per heavy atom. The van der Waals surface area contributed by atoms with Crippen molar-refractivity contribution in [3.8, 4) is 0 Å². The van der Waals surface area contributed by atoms with Crippen LogP contribution in [-0.2, 0) is 22.6 Å². The van der Waals surface area contributed by atoms with E-state index in [9.17, 15) is 9.59 Å². The molecule has 0 bridgehead atoms. The van der Waals surface area contributed by atoms with Crippen molar-refractivity contribution in [2.24, 2.45) is 0 Å². The van der Waals surface area contributed by atoms with Crippen LogP contribution in [0.4, 0.5) is 0 Å². The normalized spacial score (nSPS) is 21.8. The lowest BCUT2D eigenvalue weighted by Crippen LogP contribution is -2.62. The fourth-order valence-corrected chi connectivity index (χ4v) is 4.68. The van der Waals surface area contributed by atoms with E-state index in [-0.39, 0.29) is 24.4 Å². The van der Waals surface area contributed by atoms with E-state index in [4.69, 9.17) is 0 Å². The molecule has 28 heavy (non-hydrogen) atoms. The third kappa shape index (κ3) is 2.53. The van der Waals surface area contributed by atoms with Gasteiger partial charge < -0.3 is 14.8 Å². The summed E-state index contributed by atoms with van der Waals surface area (Å²) in [5.41, 5.74) is 5.53. The molecule has 1 aromatic heterocycles. The molecule has 1 N–H and O–H groups in total. The maximum Gasteiger partial charge on any atom is 0.246 e. The van der Waals surface area contributed by atoms with Crippen LogP contribution < -0.4 is 0 Å². The van der Waals surface area contributed by atoms with Crippen molar-refractivity contribution in [2.45, 2.75) is 38.9 Å². The number of H-pyrrole nitrogens is 1. The lowest BCUT2D eigenvalue weighted by Gasteiger charge is -2.46. The van der Waals surface area contributed by atoms with Gasteiger partial charge in [-0.2, -0.15) is 0 Å². The number of amides is 2. The zero-order valence-corrected chi connectivity index (χ0v) is 16.1.